The lowest BCUT2D eigenvalue weighted by atomic mass is 10.1. The number of ether oxygens (including phenoxy) is 1. The summed E-state index contributed by atoms with van der Waals surface area (Å²) in [6.07, 6.45) is 36.2. The Balaban J connectivity index is 2.19. The zero-order chi connectivity index (χ0) is 32.3. The highest BCUT2D eigenvalue weighted by molar-refractivity contribution is 5.91. The number of aryl methyl sites for hydroxylation is 1. The first-order chi connectivity index (χ1) is 21.4. The number of allylic oxidation sites excluding steroid dienone is 12. The van der Waals surface area contributed by atoms with Crippen molar-refractivity contribution in [2.45, 2.75) is 90.5 Å². The van der Waals surface area contributed by atoms with Gasteiger partial charge in [0, 0.05) is 19.9 Å². The summed E-state index contributed by atoms with van der Waals surface area (Å²) < 4.78 is 5.43. The first kappa shape index (κ1) is 37.8. The van der Waals surface area contributed by atoms with Crippen LogP contribution in [0.3, 0.4) is 0 Å². The summed E-state index contributed by atoms with van der Waals surface area (Å²) in [5, 5.41) is 17.1. The monoisotopic (exact) mass is 606 g/mol. The van der Waals surface area contributed by atoms with Crippen LogP contribution in [0, 0.1) is 12.1 Å². The van der Waals surface area contributed by atoms with Crippen LogP contribution in [0.25, 0.3) is 0 Å². The third-order valence-corrected chi connectivity index (χ3v) is 6.37. The molecule has 0 fully saturated rings. The van der Waals surface area contributed by atoms with Gasteiger partial charge in [-0.3, -0.25) is 9.59 Å². The SMILES string of the molecule is CC/C=C\C/C=C\C/C=C\C/C=C\C/C=C\C/C=C\CCC(=O)NC(CCCCNC(=O)c1c[n+]([O-])c(C)cn1)C(=O)OC. The van der Waals surface area contributed by atoms with Gasteiger partial charge in [0.2, 0.25) is 17.8 Å². The third kappa shape index (κ3) is 19.0. The van der Waals surface area contributed by atoms with Crippen molar-refractivity contribution in [1.82, 2.24) is 15.6 Å². The van der Waals surface area contributed by atoms with E-state index in [1.165, 1.54) is 13.3 Å². The fraction of sp³-hybridized carbons (Fsp3) is 0.457. The Morgan fingerprint density at radius 2 is 1.43 bits per heavy atom. The van der Waals surface area contributed by atoms with Gasteiger partial charge < -0.3 is 20.6 Å². The van der Waals surface area contributed by atoms with Gasteiger partial charge in [0.1, 0.15) is 6.04 Å². The number of nitrogens with zero attached hydrogens (tertiary/aromatic N) is 2. The number of hydrogen-bond acceptors (Lipinski definition) is 6. The molecule has 0 saturated carbocycles. The fourth-order valence-corrected chi connectivity index (χ4v) is 3.86. The minimum atomic E-state index is -0.744. The van der Waals surface area contributed by atoms with E-state index in [9.17, 15) is 19.6 Å². The molecule has 0 aliphatic heterocycles. The van der Waals surface area contributed by atoms with E-state index in [4.69, 9.17) is 4.74 Å². The zero-order valence-electron chi connectivity index (χ0n) is 26.6. The summed E-state index contributed by atoms with van der Waals surface area (Å²) in [5.74, 6) is -1.16. The summed E-state index contributed by atoms with van der Waals surface area (Å²) in [7, 11) is 1.29. The molecule has 0 spiro atoms. The molecular weight excluding hydrogens is 556 g/mol. The molecule has 1 aromatic heterocycles. The lowest BCUT2D eigenvalue weighted by molar-refractivity contribution is -0.613. The minimum Gasteiger partial charge on any atom is -0.618 e. The molecule has 1 rings (SSSR count). The first-order valence-electron chi connectivity index (χ1n) is 15.5. The lowest BCUT2D eigenvalue weighted by Gasteiger charge is -2.16. The molecule has 9 heteroatoms. The van der Waals surface area contributed by atoms with Crippen LogP contribution >= 0.6 is 0 Å². The number of methoxy groups -OCH3 is 1. The first-order valence-corrected chi connectivity index (χ1v) is 15.5. The van der Waals surface area contributed by atoms with Crippen molar-refractivity contribution in [3.8, 4) is 0 Å². The Hall–Kier alpha value is -4.27. The summed E-state index contributed by atoms with van der Waals surface area (Å²) in [5.41, 5.74) is 0.437. The van der Waals surface area contributed by atoms with Gasteiger partial charge in [0.25, 0.3) is 5.91 Å². The normalized spacial score (nSPS) is 12.8. The average molecular weight is 607 g/mol. The van der Waals surface area contributed by atoms with Gasteiger partial charge in [0.15, 0.2) is 5.69 Å². The molecule has 2 N–H and O–H groups in total. The Bertz CT molecular complexity index is 1170. The van der Waals surface area contributed by atoms with Crippen molar-refractivity contribution in [3.05, 3.63) is 102 Å². The summed E-state index contributed by atoms with van der Waals surface area (Å²) in [6.45, 7) is 4.08. The van der Waals surface area contributed by atoms with Gasteiger partial charge in [-0.25, -0.2) is 9.78 Å². The molecule has 240 valence electrons. The number of carbonyl (C=O) groups excluding carboxylic acids is 3. The summed E-state index contributed by atoms with van der Waals surface area (Å²) in [6, 6.07) is -0.744. The molecule has 0 aliphatic rings. The molecule has 2 amide bonds. The Morgan fingerprint density at radius 3 is 1.95 bits per heavy atom. The average Bonchev–Trinajstić information content (AvgIpc) is 3.02. The summed E-state index contributed by atoms with van der Waals surface area (Å²) >= 11 is 0. The highest BCUT2D eigenvalue weighted by Crippen LogP contribution is 2.05. The maximum absolute atomic E-state index is 12.4. The van der Waals surface area contributed by atoms with Crippen LogP contribution in [0.1, 0.15) is 93.7 Å². The number of amides is 2. The maximum Gasteiger partial charge on any atom is 0.328 e. The van der Waals surface area contributed by atoms with E-state index in [1.54, 1.807) is 6.92 Å². The predicted octanol–water partition coefficient (Wildman–Crippen LogP) is 6.06. The molecule has 1 unspecified atom stereocenters. The second-order valence-electron chi connectivity index (χ2n) is 10.1. The van der Waals surface area contributed by atoms with Crippen molar-refractivity contribution < 1.29 is 23.9 Å². The van der Waals surface area contributed by atoms with Crippen LogP contribution in [-0.4, -0.2) is 42.5 Å². The molecule has 0 aromatic carbocycles. The van der Waals surface area contributed by atoms with Gasteiger partial charge in [-0.2, -0.15) is 4.73 Å². The second kappa shape index (κ2) is 25.2. The Labute approximate surface area is 263 Å². The molecular formula is C35H50N4O5. The standard InChI is InChI=1S/C35H50N4O5/c1-4-5-6-7-8-9-10-11-12-13-14-15-16-17-18-19-20-21-22-26-33(40)38-31(35(42)44-3)25-23-24-27-36-34(41)32-29-39(43)30(2)28-37-32/h5-6,8-9,11-12,14-15,17-18,20-21,28-29,31H,4,7,10,13,16,19,22-27H2,1-3H3,(H,36,41)(H,38,40)/b6-5-,9-8-,12-11-,15-14-,18-17-,21-20-. The molecule has 0 radical (unpaired) electrons. The van der Waals surface area contributed by atoms with Crippen LogP contribution in [0.15, 0.2) is 85.3 Å². The highest BCUT2D eigenvalue weighted by Gasteiger charge is 2.20. The molecule has 1 aromatic rings. The van der Waals surface area contributed by atoms with Crippen LogP contribution in [0.4, 0.5) is 0 Å². The van der Waals surface area contributed by atoms with Crippen molar-refractivity contribution in [1.29, 1.82) is 0 Å². The van der Waals surface area contributed by atoms with E-state index < -0.39 is 17.9 Å². The van der Waals surface area contributed by atoms with Crippen LogP contribution in [-0.2, 0) is 14.3 Å². The number of aromatic nitrogens is 2. The highest BCUT2D eigenvalue weighted by atomic mass is 16.5. The lowest BCUT2D eigenvalue weighted by Crippen LogP contribution is -2.41. The van der Waals surface area contributed by atoms with Gasteiger partial charge in [-0.05, 0) is 64.2 Å². The van der Waals surface area contributed by atoms with E-state index in [-0.39, 0.29) is 18.0 Å². The van der Waals surface area contributed by atoms with Crippen molar-refractivity contribution in [2.24, 2.45) is 0 Å². The van der Waals surface area contributed by atoms with Gasteiger partial charge in [0.05, 0.1) is 13.3 Å². The van der Waals surface area contributed by atoms with Gasteiger partial charge >= 0.3 is 5.97 Å². The molecule has 1 atom stereocenters. The quantitative estimate of drug-likeness (QED) is 0.0544. The number of unbranched alkanes of at least 4 members (excludes halogenated alkanes) is 1. The van der Waals surface area contributed by atoms with Gasteiger partial charge in [-0.1, -0.05) is 79.8 Å². The van der Waals surface area contributed by atoms with Crippen molar-refractivity contribution in [2.75, 3.05) is 13.7 Å². The predicted molar refractivity (Wildman–Crippen MR) is 176 cm³/mol. The zero-order valence-corrected chi connectivity index (χ0v) is 26.6. The molecule has 44 heavy (non-hydrogen) atoms. The van der Waals surface area contributed by atoms with E-state index in [0.717, 1.165) is 44.7 Å². The van der Waals surface area contributed by atoms with Crippen LogP contribution < -0.4 is 15.4 Å². The maximum atomic E-state index is 12.4. The van der Waals surface area contributed by atoms with Crippen LogP contribution in [0.2, 0.25) is 0 Å². The molecule has 0 bridgehead atoms. The fourth-order valence-electron chi connectivity index (χ4n) is 3.86. The largest absolute Gasteiger partial charge is 0.618 e. The van der Waals surface area contributed by atoms with Crippen LogP contribution in [0.5, 0.6) is 0 Å². The topological polar surface area (TPSA) is 124 Å². The molecule has 1 heterocycles. The summed E-state index contributed by atoms with van der Waals surface area (Å²) in [4.78, 5) is 40.6. The minimum absolute atomic E-state index is 0.0391. The van der Waals surface area contributed by atoms with E-state index in [1.807, 2.05) is 12.2 Å². The van der Waals surface area contributed by atoms with E-state index >= 15 is 0 Å². The molecule has 0 saturated heterocycles. The number of rotatable bonds is 22. The molecule has 9 nitrogen and oxygen atoms in total. The second-order valence-corrected chi connectivity index (χ2v) is 10.1. The van der Waals surface area contributed by atoms with Gasteiger partial charge in [-0.15, -0.1) is 0 Å². The number of esters is 1. The van der Waals surface area contributed by atoms with E-state index in [2.05, 4.69) is 83.3 Å². The van der Waals surface area contributed by atoms with Crippen molar-refractivity contribution in [3.63, 3.8) is 0 Å². The number of nitrogens with one attached hydrogen (secondary N) is 2. The molecule has 0 aliphatic carbocycles. The number of carbonyl (C=O) groups is 3. The smallest absolute Gasteiger partial charge is 0.328 e. The Kier molecular flexibility index (Phi) is 21.7. The number of hydrogen-bond donors (Lipinski definition) is 2. The third-order valence-electron chi connectivity index (χ3n) is 6.37. The van der Waals surface area contributed by atoms with E-state index in [0.29, 0.717) is 42.7 Å². The van der Waals surface area contributed by atoms with Crippen molar-refractivity contribution >= 4 is 17.8 Å². The Morgan fingerprint density at radius 1 is 0.886 bits per heavy atom.